The molecule has 2 atom stereocenters. The van der Waals surface area contributed by atoms with Gasteiger partial charge in [0.1, 0.15) is 0 Å². The topological polar surface area (TPSA) is 48.0 Å². The Bertz CT molecular complexity index is 1440. The van der Waals surface area contributed by atoms with Gasteiger partial charge in [-0.05, 0) is 74.4 Å². The van der Waals surface area contributed by atoms with Crippen LogP contribution in [0.25, 0.3) is 22.0 Å². The molecule has 1 aliphatic heterocycles. The molecular weight excluding hydrogens is 424 g/mol. The summed E-state index contributed by atoms with van der Waals surface area (Å²) in [7, 11) is 0. The molecule has 4 aromatic rings. The third-order valence-corrected chi connectivity index (χ3v) is 7.99. The van der Waals surface area contributed by atoms with Crippen molar-refractivity contribution in [2.75, 3.05) is 5.32 Å². The Hall–Kier alpha value is -3.00. The number of aromatic nitrogens is 1. The molecule has 1 aliphatic rings. The van der Waals surface area contributed by atoms with Gasteiger partial charge in [-0.2, -0.15) is 0 Å². The molecule has 33 heavy (non-hydrogen) atoms. The van der Waals surface area contributed by atoms with E-state index < -0.39 is 11.6 Å². The quantitative estimate of drug-likeness (QED) is 0.274. The van der Waals surface area contributed by atoms with Gasteiger partial charge in [0, 0.05) is 39.9 Å². The molecule has 4 heteroatoms. The predicted molar refractivity (Wildman–Crippen MR) is 140 cm³/mol. The Balaban J connectivity index is 1.84. The molecule has 2 aromatic carbocycles. The number of nitrogens with one attached hydrogen (secondary N) is 2. The van der Waals surface area contributed by atoms with E-state index in [2.05, 4.69) is 106 Å². The molecule has 0 saturated carbocycles. The van der Waals surface area contributed by atoms with Crippen molar-refractivity contribution >= 4 is 27.9 Å². The van der Waals surface area contributed by atoms with E-state index in [9.17, 15) is 5.11 Å². The van der Waals surface area contributed by atoms with E-state index in [4.69, 9.17) is 0 Å². The van der Waals surface area contributed by atoms with Crippen LogP contribution in [0.1, 0.15) is 59.4 Å². The summed E-state index contributed by atoms with van der Waals surface area (Å²) in [6.45, 7) is 12.6. The van der Waals surface area contributed by atoms with Crippen molar-refractivity contribution in [2.45, 2.75) is 59.1 Å². The molecule has 0 radical (unpaired) electrons. The highest BCUT2D eigenvalue weighted by atomic mass is 32.1. The third kappa shape index (κ3) is 3.47. The van der Waals surface area contributed by atoms with E-state index in [-0.39, 0.29) is 5.92 Å². The maximum absolute atomic E-state index is 11.2. The summed E-state index contributed by atoms with van der Waals surface area (Å²) in [6.07, 6.45) is 1.54. The van der Waals surface area contributed by atoms with Crippen LogP contribution in [0.5, 0.6) is 0 Å². The zero-order chi connectivity index (χ0) is 23.5. The number of aliphatic hydroxyl groups excluding tert-OH is 1. The average Bonchev–Trinajstić information content (AvgIpc) is 3.37. The largest absolute Gasteiger partial charge is 0.390 e. The number of aromatic amines is 1. The fourth-order valence-electron chi connectivity index (χ4n) is 5.13. The van der Waals surface area contributed by atoms with Gasteiger partial charge in [-0.25, -0.2) is 0 Å². The SMILES string of the molecule is Cc1ccsc1C#Cc1c(-c2cccc3c(C)c[nH]c23)cc(C)c2c1[C@@H](C)[C@H](O)C(C)(C)N2. The van der Waals surface area contributed by atoms with Gasteiger partial charge in [0.05, 0.1) is 22.0 Å². The lowest BCUT2D eigenvalue weighted by Crippen LogP contribution is -2.50. The number of fused-ring (bicyclic) bond motifs is 2. The fraction of sp³-hybridized carbons (Fsp3) is 0.310. The Morgan fingerprint density at radius 3 is 2.52 bits per heavy atom. The number of hydrogen-bond donors (Lipinski definition) is 3. The van der Waals surface area contributed by atoms with Crippen LogP contribution in [0.4, 0.5) is 5.69 Å². The third-order valence-electron chi connectivity index (χ3n) is 7.05. The van der Waals surface area contributed by atoms with Crippen molar-refractivity contribution in [1.29, 1.82) is 0 Å². The molecule has 5 rings (SSSR count). The normalized spacial score (nSPS) is 19.0. The van der Waals surface area contributed by atoms with E-state index >= 15 is 0 Å². The molecule has 3 heterocycles. The Kier molecular flexibility index (Phi) is 5.16. The summed E-state index contributed by atoms with van der Waals surface area (Å²) < 4.78 is 0. The van der Waals surface area contributed by atoms with Gasteiger partial charge in [0.25, 0.3) is 0 Å². The predicted octanol–water partition coefficient (Wildman–Crippen LogP) is 6.89. The molecule has 0 aliphatic carbocycles. The van der Waals surface area contributed by atoms with Crippen molar-refractivity contribution < 1.29 is 5.11 Å². The van der Waals surface area contributed by atoms with Crippen LogP contribution in [-0.4, -0.2) is 21.7 Å². The molecule has 0 spiro atoms. The van der Waals surface area contributed by atoms with Crippen molar-refractivity contribution in [1.82, 2.24) is 4.98 Å². The van der Waals surface area contributed by atoms with Gasteiger partial charge in [0.15, 0.2) is 0 Å². The van der Waals surface area contributed by atoms with Gasteiger partial charge < -0.3 is 15.4 Å². The first kappa shape index (κ1) is 21.8. The second kappa shape index (κ2) is 7.80. The molecule has 0 unspecified atom stereocenters. The van der Waals surface area contributed by atoms with Crippen molar-refractivity contribution in [3.8, 4) is 23.0 Å². The van der Waals surface area contributed by atoms with Gasteiger partial charge in [0.2, 0.25) is 0 Å². The summed E-state index contributed by atoms with van der Waals surface area (Å²) in [6, 6.07) is 10.8. The second-order valence-electron chi connectivity index (χ2n) is 9.87. The molecule has 168 valence electrons. The molecule has 0 bridgehead atoms. The number of aliphatic hydroxyl groups is 1. The molecule has 0 fully saturated rings. The maximum Gasteiger partial charge on any atom is 0.0831 e. The van der Waals surface area contributed by atoms with Crippen LogP contribution in [0.3, 0.4) is 0 Å². The monoisotopic (exact) mass is 454 g/mol. The molecule has 2 aromatic heterocycles. The first-order chi connectivity index (χ1) is 15.7. The Labute approximate surface area is 199 Å². The molecule has 0 saturated heterocycles. The molecule has 3 N–H and O–H groups in total. The van der Waals surface area contributed by atoms with Crippen molar-refractivity contribution in [3.63, 3.8) is 0 Å². The molecular formula is C29H30N2OS. The lowest BCUT2D eigenvalue weighted by Gasteiger charge is -2.43. The summed E-state index contributed by atoms with van der Waals surface area (Å²) in [5.41, 5.74) is 9.78. The van der Waals surface area contributed by atoms with Crippen LogP contribution in [0.15, 0.2) is 41.9 Å². The van der Waals surface area contributed by atoms with E-state index in [0.717, 1.165) is 38.3 Å². The first-order valence-corrected chi connectivity index (χ1v) is 12.3. The number of para-hydroxylation sites is 1. The van der Waals surface area contributed by atoms with E-state index in [0.29, 0.717) is 0 Å². The Morgan fingerprint density at radius 2 is 1.79 bits per heavy atom. The number of benzene rings is 2. The van der Waals surface area contributed by atoms with Crippen LogP contribution < -0.4 is 5.32 Å². The minimum absolute atomic E-state index is 0.0480. The van der Waals surface area contributed by atoms with E-state index in [1.807, 2.05) is 0 Å². The minimum atomic E-state index is -0.521. The molecule has 3 nitrogen and oxygen atoms in total. The average molecular weight is 455 g/mol. The lowest BCUT2D eigenvalue weighted by molar-refractivity contribution is 0.0868. The number of rotatable bonds is 1. The minimum Gasteiger partial charge on any atom is -0.390 e. The summed E-state index contributed by atoms with van der Waals surface area (Å²) in [5, 5.41) is 18.1. The van der Waals surface area contributed by atoms with Crippen LogP contribution in [0.2, 0.25) is 0 Å². The van der Waals surface area contributed by atoms with E-state index in [1.165, 1.54) is 22.1 Å². The second-order valence-corrected chi connectivity index (χ2v) is 10.8. The van der Waals surface area contributed by atoms with Crippen LogP contribution in [0, 0.1) is 32.6 Å². The number of aryl methyl sites for hydroxylation is 3. The number of thiophene rings is 1. The van der Waals surface area contributed by atoms with Crippen molar-refractivity contribution in [2.24, 2.45) is 0 Å². The van der Waals surface area contributed by atoms with Crippen LogP contribution >= 0.6 is 11.3 Å². The number of hydrogen-bond acceptors (Lipinski definition) is 3. The first-order valence-electron chi connectivity index (χ1n) is 11.5. The lowest BCUT2D eigenvalue weighted by atomic mass is 9.75. The zero-order valence-corrected chi connectivity index (χ0v) is 20.9. The summed E-state index contributed by atoms with van der Waals surface area (Å²) in [4.78, 5) is 4.57. The van der Waals surface area contributed by atoms with Gasteiger partial charge in [-0.3, -0.25) is 0 Å². The molecule has 0 amide bonds. The van der Waals surface area contributed by atoms with E-state index in [1.54, 1.807) is 11.3 Å². The van der Waals surface area contributed by atoms with Gasteiger partial charge in [-0.15, -0.1) is 11.3 Å². The summed E-state index contributed by atoms with van der Waals surface area (Å²) >= 11 is 1.67. The standard InChI is InChI=1S/C29H30N2OS/c1-16-12-13-33-24(16)11-10-21-23(22-9-7-8-20-18(3)15-30-27(20)22)14-17(2)26-25(21)19(4)28(32)29(5,6)31-26/h7-9,12-15,19,28,30-32H,1-6H3/t19-,28+/m1/s1. The van der Waals surface area contributed by atoms with Gasteiger partial charge >= 0.3 is 0 Å². The fourth-order valence-corrected chi connectivity index (χ4v) is 5.90. The zero-order valence-electron chi connectivity index (χ0n) is 20.1. The summed E-state index contributed by atoms with van der Waals surface area (Å²) in [5.74, 6) is 6.95. The maximum atomic E-state index is 11.2. The van der Waals surface area contributed by atoms with Crippen molar-refractivity contribution in [3.05, 3.63) is 74.6 Å². The number of H-pyrrole nitrogens is 1. The van der Waals surface area contributed by atoms with Gasteiger partial charge in [-0.1, -0.05) is 37.0 Å². The highest BCUT2D eigenvalue weighted by Crippen LogP contribution is 2.46. The highest BCUT2D eigenvalue weighted by molar-refractivity contribution is 7.10. The highest BCUT2D eigenvalue weighted by Gasteiger charge is 2.40. The van der Waals surface area contributed by atoms with Crippen LogP contribution in [-0.2, 0) is 0 Å². The Morgan fingerprint density at radius 1 is 1.00 bits per heavy atom. The smallest absolute Gasteiger partial charge is 0.0831 e. The number of anilines is 1.